The minimum Gasteiger partial charge on any atom is -0.355 e. The summed E-state index contributed by atoms with van der Waals surface area (Å²) in [7, 11) is 5.76. The van der Waals surface area contributed by atoms with Crippen LogP contribution in [0.4, 0.5) is 0 Å². The molecule has 6 heteroatoms. The van der Waals surface area contributed by atoms with Crippen LogP contribution in [0.25, 0.3) is 0 Å². The Morgan fingerprint density at radius 2 is 2.12 bits per heavy atom. The summed E-state index contributed by atoms with van der Waals surface area (Å²) in [4.78, 5) is 16.7. The smallest absolute Gasteiger partial charge is 0.251 e. The molecule has 128 valence electrons. The van der Waals surface area contributed by atoms with E-state index in [0.29, 0.717) is 5.56 Å². The number of amides is 1. The van der Waals surface area contributed by atoms with Gasteiger partial charge in [0, 0.05) is 58.1 Å². The summed E-state index contributed by atoms with van der Waals surface area (Å²) in [6.45, 7) is 3.82. The third-order valence-corrected chi connectivity index (χ3v) is 4.65. The molecule has 6 nitrogen and oxygen atoms in total. The van der Waals surface area contributed by atoms with Crippen molar-refractivity contribution in [1.82, 2.24) is 24.9 Å². The van der Waals surface area contributed by atoms with Crippen LogP contribution in [-0.4, -0.2) is 59.2 Å². The molecule has 2 heterocycles. The Kier molecular flexibility index (Phi) is 4.97. The van der Waals surface area contributed by atoms with Crippen LogP contribution in [0.2, 0.25) is 0 Å². The maximum Gasteiger partial charge on any atom is 0.251 e. The van der Waals surface area contributed by atoms with Gasteiger partial charge in [-0.25, -0.2) is 0 Å². The lowest BCUT2D eigenvalue weighted by Gasteiger charge is -2.39. The highest BCUT2D eigenvalue weighted by Gasteiger charge is 2.26. The second-order valence-electron chi connectivity index (χ2n) is 6.42. The van der Waals surface area contributed by atoms with Crippen LogP contribution in [0.5, 0.6) is 0 Å². The number of hydrogen-bond donors (Lipinski definition) is 1. The van der Waals surface area contributed by atoms with E-state index in [4.69, 9.17) is 0 Å². The molecule has 0 unspecified atom stereocenters. The van der Waals surface area contributed by atoms with Gasteiger partial charge in [0.1, 0.15) is 0 Å². The van der Waals surface area contributed by atoms with Gasteiger partial charge in [0.25, 0.3) is 5.91 Å². The van der Waals surface area contributed by atoms with Gasteiger partial charge in [0.15, 0.2) is 0 Å². The summed E-state index contributed by atoms with van der Waals surface area (Å²) in [6.07, 6.45) is 1.98. The van der Waals surface area contributed by atoms with E-state index in [1.54, 1.807) is 7.05 Å². The molecule has 3 rings (SSSR count). The van der Waals surface area contributed by atoms with E-state index in [0.717, 1.165) is 31.9 Å². The van der Waals surface area contributed by atoms with Gasteiger partial charge in [-0.3, -0.25) is 19.3 Å². The van der Waals surface area contributed by atoms with Gasteiger partial charge in [-0.1, -0.05) is 12.1 Å². The van der Waals surface area contributed by atoms with Crippen LogP contribution in [-0.2, 0) is 13.6 Å². The molecule has 2 aromatic rings. The Morgan fingerprint density at radius 3 is 2.83 bits per heavy atom. The lowest BCUT2D eigenvalue weighted by Crippen LogP contribution is -2.46. The molecule has 1 N–H and O–H groups in total. The number of nitrogens with one attached hydrogen (secondary N) is 1. The molecule has 0 spiro atoms. The number of carbonyl (C=O) groups excluding carboxylic acids is 1. The van der Waals surface area contributed by atoms with Gasteiger partial charge in [0.2, 0.25) is 0 Å². The van der Waals surface area contributed by atoms with Crippen LogP contribution in [0, 0.1) is 0 Å². The molecule has 1 aromatic carbocycles. The predicted octanol–water partition coefficient (Wildman–Crippen LogP) is 1.27. The molecule has 0 saturated carbocycles. The zero-order chi connectivity index (χ0) is 17.1. The van der Waals surface area contributed by atoms with Crippen LogP contribution in [0.1, 0.15) is 27.7 Å². The van der Waals surface area contributed by atoms with Gasteiger partial charge in [-0.05, 0) is 30.8 Å². The number of carbonyl (C=O) groups is 1. The molecular formula is C18H25N5O. The maximum atomic E-state index is 11.9. The first-order valence-corrected chi connectivity index (χ1v) is 8.30. The Labute approximate surface area is 143 Å². The third-order valence-electron chi connectivity index (χ3n) is 4.65. The van der Waals surface area contributed by atoms with E-state index in [9.17, 15) is 4.79 Å². The van der Waals surface area contributed by atoms with Gasteiger partial charge in [0.05, 0.1) is 5.69 Å². The van der Waals surface area contributed by atoms with Crippen LogP contribution in [0.3, 0.4) is 0 Å². The molecule has 1 aliphatic heterocycles. The van der Waals surface area contributed by atoms with Crippen molar-refractivity contribution in [3.63, 3.8) is 0 Å². The number of nitrogens with zero attached hydrogens (tertiary/aromatic N) is 4. The number of aryl methyl sites for hydroxylation is 1. The monoisotopic (exact) mass is 327 g/mol. The zero-order valence-corrected chi connectivity index (χ0v) is 14.6. The summed E-state index contributed by atoms with van der Waals surface area (Å²) >= 11 is 0. The zero-order valence-electron chi connectivity index (χ0n) is 14.6. The lowest BCUT2D eigenvalue weighted by molar-refractivity contribution is 0.0891. The van der Waals surface area contributed by atoms with Crippen LogP contribution < -0.4 is 5.32 Å². The van der Waals surface area contributed by atoms with Gasteiger partial charge in [-0.15, -0.1) is 0 Å². The number of aromatic nitrogens is 2. The standard InChI is InChI=1S/C18H25N5O/c1-19-18(24)15-6-4-5-14(11-15)17-13-23(10-9-21(17)2)12-16-7-8-22(3)20-16/h4-8,11,17H,9-10,12-13H2,1-3H3,(H,19,24)/t17-/m1/s1. The summed E-state index contributed by atoms with van der Waals surface area (Å²) < 4.78 is 1.84. The fraction of sp³-hybridized carbons (Fsp3) is 0.444. The van der Waals surface area contributed by atoms with Gasteiger partial charge in [-0.2, -0.15) is 5.10 Å². The van der Waals surface area contributed by atoms with Crippen molar-refractivity contribution >= 4 is 5.91 Å². The van der Waals surface area contributed by atoms with Crippen LogP contribution >= 0.6 is 0 Å². The number of hydrogen-bond acceptors (Lipinski definition) is 4. The van der Waals surface area contributed by atoms with E-state index in [1.807, 2.05) is 36.1 Å². The molecule has 0 radical (unpaired) electrons. The minimum atomic E-state index is -0.0411. The van der Waals surface area contributed by atoms with Crippen molar-refractivity contribution in [1.29, 1.82) is 0 Å². The molecule has 1 amide bonds. The summed E-state index contributed by atoms with van der Waals surface area (Å²) in [5, 5.41) is 7.17. The average Bonchev–Trinajstić information content (AvgIpc) is 3.01. The molecule has 0 bridgehead atoms. The second-order valence-corrected chi connectivity index (χ2v) is 6.42. The predicted molar refractivity (Wildman–Crippen MR) is 93.7 cm³/mol. The van der Waals surface area contributed by atoms with Crippen molar-refractivity contribution in [3.8, 4) is 0 Å². The van der Waals surface area contributed by atoms with Gasteiger partial charge < -0.3 is 5.32 Å². The first-order chi connectivity index (χ1) is 11.6. The topological polar surface area (TPSA) is 53.4 Å². The molecule has 1 fully saturated rings. The van der Waals surface area contributed by atoms with Crippen molar-refractivity contribution in [2.45, 2.75) is 12.6 Å². The van der Waals surface area contributed by atoms with Crippen LogP contribution in [0.15, 0.2) is 36.5 Å². The Bertz CT molecular complexity index is 711. The fourth-order valence-electron chi connectivity index (χ4n) is 3.24. The minimum absolute atomic E-state index is 0.0411. The van der Waals surface area contributed by atoms with Gasteiger partial charge >= 0.3 is 0 Å². The number of rotatable bonds is 4. The SMILES string of the molecule is CNC(=O)c1cccc([C@H]2CN(Cc3ccn(C)n3)CCN2C)c1. The lowest BCUT2D eigenvalue weighted by atomic mass is 10.00. The molecule has 24 heavy (non-hydrogen) atoms. The Hall–Kier alpha value is -2.18. The first-order valence-electron chi connectivity index (χ1n) is 8.30. The molecule has 1 atom stereocenters. The average molecular weight is 327 g/mol. The normalized spacial score (nSPS) is 19.4. The number of piperazine rings is 1. The van der Waals surface area contributed by atoms with Crippen molar-refractivity contribution in [2.75, 3.05) is 33.7 Å². The molecule has 1 saturated heterocycles. The highest BCUT2D eigenvalue weighted by Crippen LogP contribution is 2.25. The highest BCUT2D eigenvalue weighted by atomic mass is 16.1. The molecule has 1 aliphatic rings. The molecule has 0 aliphatic carbocycles. The summed E-state index contributed by atoms with van der Waals surface area (Å²) in [5.41, 5.74) is 2.99. The third kappa shape index (κ3) is 3.66. The second kappa shape index (κ2) is 7.15. The van der Waals surface area contributed by atoms with E-state index >= 15 is 0 Å². The molecule has 1 aromatic heterocycles. The van der Waals surface area contributed by atoms with E-state index in [-0.39, 0.29) is 11.9 Å². The fourth-order valence-corrected chi connectivity index (χ4v) is 3.24. The Balaban J connectivity index is 1.75. The van der Waals surface area contributed by atoms with E-state index < -0.39 is 0 Å². The van der Waals surface area contributed by atoms with Crippen molar-refractivity contribution in [3.05, 3.63) is 53.3 Å². The largest absolute Gasteiger partial charge is 0.355 e. The van der Waals surface area contributed by atoms with Crippen molar-refractivity contribution < 1.29 is 4.79 Å². The molecular weight excluding hydrogens is 302 g/mol. The first kappa shape index (κ1) is 16.7. The number of likely N-dealkylation sites (N-methyl/N-ethyl adjacent to an activating group) is 1. The van der Waals surface area contributed by atoms with E-state index in [2.05, 4.69) is 39.4 Å². The Morgan fingerprint density at radius 1 is 1.29 bits per heavy atom. The van der Waals surface area contributed by atoms with E-state index in [1.165, 1.54) is 5.56 Å². The summed E-state index contributed by atoms with van der Waals surface area (Å²) in [5.74, 6) is -0.0411. The highest BCUT2D eigenvalue weighted by molar-refractivity contribution is 5.94. The summed E-state index contributed by atoms with van der Waals surface area (Å²) in [6, 6.07) is 10.3. The van der Waals surface area contributed by atoms with Crippen molar-refractivity contribution in [2.24, 2.45) is 7.05 Å². The maximum absolute atomic E-state index is 11.9. The quantitative estimate of drug-likeness (QED) is 0.919. The number of benzene rings is 1.